The lowest BCUT2D eigenvalue weighted by atomic mass is 10.0. The van der Waals surface area contributed by atoms with Crippen LogP contribution in [0, 0.1) is 0 Å². The molecule has 1 fully saturated rings. The van der Waals surface area contributed by atoms with Gasteiger partial charge in [0.25, 0.3) is 5.91 Å². The van der Waals surface area contributed by atoms with Crippen molar-refractivity contribution in [3.05, 3.63) is 77.5 Å². The van der Waals surface area contributed by atoms with Crippen LogP contribution in [0.3, 0.4) is 0 Å². The van der Waals surface area contributed by atoms with E-state index in [2.05, 4.69) is 36.7 Å². The number of hydrogen-bond donors (Lipinski definition) is 4. The Kier molecular flexibility index (Phi) is 15.4. The normalized spacial score (nSPS) is 15.5. The van der Waals surface area contributed by atoms with Gasteiger partial charge in [-0.3, -0.25) is 29.0 Å². The van der Waals surface area contributed by atoms with E-state index in [0.717, 1.165) is 22.9 Å². The number of amides is 5. The highest BCUT2D eigenvalue weighted by molar-refractivity contribution is 8.77. The molecule has 2 aromatic carbocycles. The summed E-state index contributed by atoms with van der Waals surface area (Å²) in [6, 6.07) is 16.3. The van der Waals surface area contributed by atoms with Gasteiger partial charge in [-0.05, 0) is 49.8 Å². The quantitative estimate of drug-likeness (QED) is 0.105. The van der Waals surface area contributed by atoms with Gasteiger partial charge >= 0.3 is 0 Å². The van der Waals surface area contributed by atoms with Gasteiger partial charge in [0.1, 0.15) is 18.1 Å². The van der Waals surface area contributed by atoms with Crippen LogP contribution in [0.5, 0.6) is 0 Å². The molecule has 4 rings (SSSR count). The number of pyridine rings is 1. The predicted octanol–water partition coefficient (Wildman–Crippen LogP) is 4.96. The molecule has 280 valence electrons. The number of nitrogens with two attached hydrogens (primary N) is 1. The topological polar surface area (TPSA) is 164 Å². The fourth-order valence-corrected chi connectivity index (χ4v) is 8.53. The number of nitrogens with zero attached hydrogens (tertiary/aromatic N) is 2. The van der Waals surface area contributed by atoms with E-state index in [9.17, 15) is 24.0 Å². The van der Waals surface area contributed by atoms with Crippen LogP contribution in [-0.2, 0) is 32.0 Å². The number of rotatable bonds is 18. The summed E-state index contributed by atoms with van der Waals surface area (Å²) in [5.41, 5.74) is 7.97. The number of benzene rings is 2. The summed E-state index contributed by atoms with van der Waals surface area (Å²) in [6.45, 7) is 8.95. The Balaban J connectivity index is 1.50. The fourth-order valence-electron chi connectivity index (χ4n) is 6.08. The van der Waals surface area contributed by atoms with Crippen molar-refractivity contribution in [3.8, 4) is 0 Å². The molecular weight excluding hydrogens is 697 g/mol. The minimum Gasteiger partial charge on any atom is -0.370 e. The van der Waals surface area contributed by atoms with Crippen LogP contribution >= 0.6 is 21.6 Å². The summed E-state index contributed by atoms with van der Waals surface area (Å²) in [7, 11) is 3.13. The van der Waals surface area contributed by atoms with Crippen LogP contribution < -0.4 is 21.7 Å². The Hall–Kier alpha value is -4.10. The van der Waals surface area contributed by atoms with E-state index < -0.39 is 24.0 Å². The number of carbonyl (C=O) groups excluding carboxylic acids is 5. The molecule has 5 N–H and O–H groups in total. The summed E-state index contributed by atoms with van der Waals surface area (Å²) >= 11 is 0. The summed E-state index contributed by atoms with van der Waals surface area (Å²) in [6.07, 6.45) is 4.23. The third-order valence-corrected chi connectivity index (χ3v) is 12.0. The van der Waals surface area contributed by atoms with Gasteiger partial charge in [0.15, 0.2) is 0 Å². The first-order valence-electron chi connectivity index (χ1n) is 18.1. The van der Waals surface area contributed by atoms with Crippen molar-refractivity contribution < 1.29 is 24.0 Å². The second kappa shape index (κ2) is 19.7. The Morgan fingerprint density at radius 3 is 2.40 bits per heavy atom. The zero-order valence-corrected chi connectivity index (χ0v) is 32.2. The summed E-state index contributed by atoms with van der Waals surface area (Å²) in [5, 5.41) is 9.71. The first-order valence-corrected chi connectivity index (χ1v) is 20.4. The number of hydrogen-bond acceptors (Lipinski definition) is 8. The maximum atomic E-state index is 14.3. The third-order valence-electron chi connectivity index (χ3n) is 8.68. The van der Waals surface area contributed by atoms with Crippen molar-refractivity contribution in [3.63, 3.8) is 0 Å². The lowest BCUT2D eigenvalue weighted by molar-refractivity contribution is -0.140. The molecule has 3 atom stereocenters. The highest BCUT2D eigenvalue weighted by Crippen LogP contribution is 2.36. The molecule has 0 saturated carbocycles. The monoisotopic (exact) mass is 748 g/mol. The van der Waals surface area contributed by atoms with Gasteiger partial charge in [-0.15, -0.1) is 0 Å². The fraction of sp³-hybridized carbons (Fsp3) is 0.487. The lowest BCUT2D eigenvalue weighted by Gasteiger charge is -2.30. The second-order valence-corrected chi connectivity index (χ2v) is 17.2. The average Bonchev–Trinajstić information content (AvgIpc) is 3.61. The van der Waals surface area contributed by atoms with Gasteiger partial charge in [0.2, 0.25) is 23.6 Å². The van der Waals surface area contributed by atoms with Gasteiger partial charge in [0, 0.05) is 41.8 Å². The van der Waals surface area contributed by atoms with Crippen molar-refractivity contribution >= 4 is 62.0 Å². The van der Waals surface area contributed by atoms with Gasteiger partial charge in [-0.25, -0.2) is 0 Å². The molecule has 1 aliphatic rings. The van der Waals surface area contributed by atoms with Crippen LogP contribution in [0.1, 0.15) is 87.8 Å². The summed E-state index contributed by atoms with van der Waals surface area (Å²) in [4.78, 5) is 72.8. The zero-order chi connectivity index (χ0) is 37.7. The third kappa shape index (κ3) is 12.3. The van der Waals surface area contributed by atoms with Gasteiger partial charge in [-0.2, -0.15) is 0 Å². The Morgan fingerprint density at radius 1 is 0.962 bits per heavy atom. The number of carbonyl (C=O) groups is 5. The molecule has 1 unspecified atom stereocenters. The van der Waals surface area contributed by atoms with Gasteiger partial charge in [-0.1, -0.05) is 104 Å². The van der Waals surface area contributed by atoms with E-state index in [0.29, 0.717) is 68.6 Å². The Morgan fingerprint density at radius 2 is 1.69 bits per heavy atom. The average molecular weight is 749 g/mol. The molecule has 1 saturated heterocycles. The summed E-state index contributed by atoms with van der Waals surface area (Å²) in [5.74, 6) is -1.49. The van der Waals surface area contributed by atoms with Gasteiger partial charge < -0.3 is 26.6 Å². The zero-order valence-electron chi connectivity index (χ0n) is 30.6. The molecule has 1 aromatic heterocycles. The number of fused-ring (bicyclic) bond motifs is 1. The van der Waals surface area contributed by atoms with Crippen LogP contribution in [0.15, 0.2) is 60.7 Å². The van der Waals surface area contributed by atoms with Crippen molar-refractivity contribution in [2.24, 2.45) is 5.73 Å². The summed E-state index contributed by atoms with van der Waals surface area (Å²) < 4.78 is -0.0756. The largest absolute Gasteiger partial charge is 0.370 e. The number of nitrogens with one attached hydrogen (secondary N) is 3. The van der Waals surface area contributed by atoms with E-state index >= 15 is 0 Å². The lowest BCUT2D eigenvalue weighted by Crippen LogP contribution is -2.57. The van der Waals surface area contributed by atoms with E-state index in [1.54, 1.807) is 15.7 Å². The number of primary amides is 1. The van der Waals surface area contributed by atoms with E-state index in [-0.39, 0.29) is 34.8 Å². The standard InChI is InChI=1S/C39H52N6O5S2/c1-5-29-28(24-27-17-11-12-18-30(27)42-29)35(47)44-32(25-51-52-39(2,3)4)38(50)45-22-14-19-33(45)37(49)43-31(23-26-15-8-6-9-16-26)36(48)41-21-13-7-10-20-34(40)46/h6,8-9,11-12,15-18,24,31-33H,5,7,10,13-14,19-23,25H2,1-4H3,(H2,40,46)(H,41,48)(H,43,49)(H,44,47)/t31-,32-,33?/m0/s1. The predicted molar refractivity (Wildman–Crippen MR) is 210 cm³/mol. The molecule has 5 amide bonds. The highest BCUT2D eigenvalue weighted by Gasteiger charge is 2.39. The smallest absolute Gasteiger partial charge is 0.253 e. The van der Waals surface area contributed by atoms with Crippen LogP contribution in [0.25, 0.3) is 10.9 Å². The van der Waals surface area contributed by atoms with E-state index in [1.165, 1.54) is 10.8 Å². The number of para-hydroxylation sites is 1. The number of aromatic nitrogens is 1. The van der Waals surface area contributed by atoms with Crippen molar-refractivity contribution in [2.45, 2.75) is 102 Å². The van der Waals surface area contributed by atoms with Gasteiger partial charge in [0.05, 0.1) is 16.8 Å². The maximum absolute atomic E-state index is 14.3. The minimum absolute atomic E-state index is 0.0756. The molecule has 2 heterocycles. The second-order valence-electron chi connectivity index (χ2n) is 14.0. The van der Waals surface area contributed by atoms with Crippen molar-refractivity contribution in [1.29, 1.82) is 0 Å². The SMILES string of the molecule is CCc1nc2ccccc2cc1C(=O)N[C@@H](CSSC(C)(C)C)C(=O)N1CCCC1C(=O)N[C@@H](Cc1ccccc1)C(=O)NCCCCCC(N)=O. The molecule has 13 heteroatoms. The Labute approximate surface area is 314 Å². The molecule has 11 nitrogen and oxygen atoms in total. The minimum atomic E-state index is -0.894. The molecule has 1 aliphatic heterocycles. The van der Waals surface area contributed by atoms with Crippen LogP contribution in [0.2, 0.25) is 0 Å². The molecule has 52 heavy (non-hydrogen) atoms. The maximum Gasteiger partial charge on any atom is 0.253 e. The first-order chi connectivity index (χ1) is 24.9. The van der Waals surface area contributed by atoms with Crippen LogP contribution in [-0.4, -0.2) is 81.1 Å². The first kappa shape index (κ1) is 40.7. The highest BCUT2D eigenvalue weighted by atomic mass is 33.1. The van der Waals surface area contributed by atoms with Crippen LogP contribution in [0.4, 0.5) is 0 Å². The number of likely N-dealkylation sites (tertiary alicyclic amines) is 1. The molecule has 3 aromatic rings. The van der Waals surface area contributed by atoms with Crippen molar-refractivity contribution in [2.75, 3.05) is 18.8 Å². The molecule has 0 spiro atoms. The number of aryl methyl sites for hydroxylation is 1. The molecule has 0 radical (unpaired) electrons. The van der Waals surface area contributed by atoms with E-state index in [4.69, 9.17) is 10.7 Å². The van der Waals surface area contributed by atoms with Crippen molar-refractivity contribution in [1.82, 2.24) is 25.8 Å². The number of unbranched alkanes of at least 4 members (excludes halogenated alkanes) is 2. The van der Waals surface area contributed by atoms with E-state index in [1.807, 2.05) is 67.6 Å². The Bertz CT molecular complexity index is 1700. The molecular formula is C39H52N6O5S2. The molecule has 0 bridgehead atoms. The molecule has 0 aliphatic carbocycles.